The lowest BCUT2D eigenvalue weighted by Crippen LogP contribution is -2.24. The minimum absolute atomic E-state index is 0.128. The summed E-state index contributed by atoms with van der Waals surface area (Å²) in [7, 11) is 0. The highest BCUT2D eigenvalue weighted by molar-refractivity contribution is 9.10. The Morgan fingerprint density at radius 1 is 1.33 bits per heavy atom. The van der Waals surface area contributed by atoms with Crippen molar-refractivity contribution in [2.45, 2.75) is 18.9 Å². The topological polar surface area (TPSA) is 47.3 Å². The number of anilines is 1. The molecule has 1 heterocycles. The van der Waals surface area contributed by atoms with Crippen molar-refractivity contribution in [2.24, 2.45) is 11.8 Å². The summed E-state index contributed by atoms with van der Waals surface area (Å²) in [5, 5.41) is 18.8. The van der Waals surface area contributed by atoms with E-state index >= 15 is 0 Å². The second-order valence-corrected chi connectivity index (χ2v) is 6.11. The first kappa shape index (κ1) is 12.0. The van der Waals surface area contributed by atoms with E-state index in [1.807, 2.05) is 18.2 Å². The average molecular weight is 307 g/mol. The third kappa shape index (κ3) is 1.92. The number of hydrogen-bond acceptors (Lipinski definition) is 3. The minimum Gasteiger partial charge on any atom is -0.393 e. The molecule has 3 atom stereocenters. The van der Waals surface area contributed by atoms with Crippen molar-refractivity contribution in [1.29, 1.82) is 5.26 Å². The third-order valence-electron chi connectivity index (χ3n) is 4.24. The lowest BCUT2D eigenvalue weighted by Gasteiger charge is -2.22. The van der Waals surface area contributed by atoms with Gasteiger partial charge in [0.1, 0.15) is 0 Å². The molecule has 0 bridgehead atoms. The Hall–Kier alpha value is -1.05. The van der Waals surface area contributed by atoms with Crippen molar-refractivity contribution >= 4 is 21.6 Å². The van der Waals surface area contributed by atoms with Gasteiger partial charge < -0.3 is 10.0 Å². The van der Waals surface area contributed by atoms with Crippen LogP contribution in [0.15, 0.2) is 22.7 Å². The SMILES string of the molecule is N#Cc1ccc(N2CC3CCC(O)C3C2)c(Br)c1. The van der Waals surface area contributed by atoms with Crippen molar-refractivity contribution < 1.29 is 5.11 Å². The largest absolute Gasteiger partial charge is 0.393 e. The van der Waals surface area contributed by atoms with Crippen LogP contribution in [0, 0.1) is 23.2 Å². The average Bonchev–Trinajstić information content (AvgIpc) is 2.92. The molecule has 18 heavy (non-hydrogen) atoms. The van der Waals surface area contributed by atoms with E-state index < -0.39 is 0 Å². The molecule has 1 saturated heterocycles. The van der Waals surface area contributed by atoms with Gasteiger partial charge in [0.25, 0.3) is 0 Å². The fraction of sp³-hybridized carbons (Fsp3) is 0.500. The van der Waals surface area contributed by atoms with Crippen LogP contribution in [-0.2, 0) is 0 Å². The molecule has 1 aliphatic heterocycles. The van der Waals surface area contributed by atoms with Gasteiger partial charge in [0, 0.05) is 23.5 Å². The van der Waals surface area contributed by atoms with Gasteiger partial charge >= 0.3 is 0 Å². The lowest BCUT2D eigenvalue weighted by molar-refractivity contribution is 0.133. The van der Waals surface area contributed by atoms with Crippen molar-refractivity contribution in [3.05, 3.63) is 28.2 Å². The Balaban J connectivity index is 1.83. The fourth-order valence-electron chi connectivity index (χ4n) is 3.27. The lowest BCUT2D eigenvalue weighted by atomic mass is 10.00. The van der Waals surface area contributed by atoms with Crippen LogP contribution in [-0.4, -0.2) is 24.3 Å². The predicted molar refractivity (Wildman–Crippen MR) is 73.3 cm³/mol. The molecule has 3 rings (SSSR count). The van der Waals surface area contributed by atoms with Crippen molar-refractivity contribution in [2.75, 3.05) is 18.0 Å². The molecule has 94 valence electrons. The van der Waals surface area contributed by atoms with Gasteiger partial charge in [0.2, 0.25) is 0 Å². The fourth-order valence-corrected chi connectivity index (χ4v) is 3.90. The van der Waals surface area contributed by atoms with Crippen molar-refractivity contribution in [1.82, 2.24) is 0 Å². The summed E-state index contributed by atoms with van der Waals surface area (Å²) in [6.07, 6.45) is 1.96. The van der Waals surface area contributed by atoms with Gasteiger partial charge in [0.15, 0.2) is 0 Å². The maximum absolute atomic E-state index is 9.93. The minimum atomic E-state index is -0.128. The smallest absolute Gasteiger partial charge is 0.0992 e. The van der Waals surface area contributed by atoms with E-state index in [1.165, 1.54) is 0 Å². The van der Waals surface area contributed by atoms with Gasteiger partial charge in [-0.05, 0) is 52.9 Å². The summed E-state index contributed by atoms with van der Waals surface area (Å²) in [5.41, 5.74) is 1.81. The van der Waals surface area contributed by atoms with Crippen LogP contribution < -0.4 is 4.90 Å². The van der Waals surface area contributed by atoms with Crippen LogP contribution in [0.5, 0.6) is 0 Å². The van der Waals surface area contributed by atoms with E-state index in [1.54, 1.807) is 0 Å². The molecule has 0 aromatic heterocycles. The van der Waals surface area contributed by atoms with E-state index in [2.05, 4.69) is 26.9 Å². The predicted octanol–water partition coefficient (Wildman–Crippen LogP) is 2.53. The monoisotopic (exact) mass is 306 g/mol. The number of rotatable bonds is 1. The van der Waals surface area contributed by atoms with E-state index in [4.69, 9.17) is 5.26 Å². The molecule has 1 N–H and O–H groups in total. The summed E-state index contributed by atoms with van der Waals surface area (Å²) < 4.78 is 0.969. The van der Waals surface area contributed by atoms with Gasteiger partial charge in [-0.25, -0.2) is 0 Å². The Labute approximate surface area is 115 Å². The number of nitriles is 1. The molecule has 0 spiro atoms. The molecular weight excluding hydrogens is 292 g/mol. The summed E-state index contributed by atoms with van der Waals surface area (Å²) >= 11 is 3.54. The molecule has 0 amide bonds. The van der Waals surface area contributed by atoms with Gasteiger partial charge in [-0.1, -0.05) is 0 Å². The molecule has 4 heteroatoms. The van der Waals surface area contributed by atoms with Gasteiger partial charge in [-0.15, -0.1) is 0 Å². The number of benzene rings is 1. The quantitative estimate of drug-likeness (QED) is 0.867. The first-order valence-electron chi connectivity index (χ1n) is 6.31. The zero-order chi connectivity index (χ0) is 12.7. The van der Waals surface area contributed by atoms with Crippen molar-refractivity contribution in [3.8, 4) is 6.07 Å². The van der Waals surface area contributed by atoms with E-state index in [0.29, 0.717) is 17.4 Å². The third-order valence-corrected chi connectivity index (χ3v) is 4.87. The highest BCUT2D eigenvalue weighted by atomic mass is 79.9. The van der Waals surface area contributed by atoms with Gasteiger partial charge in [-0.3, -0.25) is 0 Å². The summed E-state index contributed by atoms with van der Waals surface area (Å²) in [5.74, 6) is 1.05. The van der Waals surface area contributed by atoms with Crippen LogP contribution in [0.1, 0.15) is 18.4 Å². The molecule has 2 aliphatic rings. The second kappa shape index (κ2) is 4.56. The number of aliphatic hydroxyl groups is 1. The van der Waals surface area contributed by atoms with E-state index in [9.17, 15) is 5.11 Å². The summed E-state index contributed by atoms with van der Waals surface area (Å²) in [6.45, 7) is 1.95. The van der Waals surface area contributed by atoms with Crippen LogP contribution in [0.25, 0.3) is 0 Å². The maximum Gasteiger partial charge on any atom is 0.0992 e. The molecule has 2 fully saturated rings. The molecule has 1 aromatic carbocycles. The highest BCUT2D eigenvalue weighted by Crippen LogP contribution is 2.41. The second-order valence-electron chi connectivity index (χ2n) is 5.25. The molecule has 1 aromatic rings. The highest BCUT2D eigenvalue weighted by Gasteiger charge is 2.42. The molecule has 3 nitrogen and oxygen atoms in total. The maximum atomic E-state index is 9.93. The van der Waals surface area contributed by atoms with Crippen molar-refractivity contribution in [3.63, 3.8) is 0 Å². The first-order valence-corrected chi connectivity index (χ1v) is 7.11. The number of hydrogen-bond donors (Lipinski definition) is 1. The standard InChI is InChI=1S/C14H15BrN2O/c15-12-5-9(6-16)1-3-13(12)17-7-10-2-4-14(18)11(10)8-17/h1,3,5,10-11,14,18H,2,4,7-8H2. The number of halogens is 1. The zero-order valence-corrected chi connectivity index (χ0v) is 11.6. The molecule has 0 radical (unpaired) electrons. The Bertz CT molecular complexity index is 511. The van der Waals surface area contributed by atoms with Gasteiger partial charge in [-0.2, -0.15) is 5.26 Å². The molecule has 3 unspecified atom stereocenters. The van der Waals surface area contributed by atoms with Crippen LogP contribution in [0.3, 0.4) is 0 Å². The van der Waals surface area contributed by atoms with Gasteiger partial charge in [0.05, 0.1) is 23.4 Å². The Kier molecular flexibility index (Phi) is 3.04. The zero-order valence-electron chi connectivity index (χ0n) is 10.0. The van der Waals surface area contributed by atoms with Crippen LogP contribution in [0.2, 0.25) is 0 Å². The number of aliphatic hydroxyl groups excluding tert-OH is 1. The normalized spacial score (nSPS) is 30.3. The van der Waals surface area contributed by atoms with E-state index in [0.717, 1.165) is 36.1 Å². The number of fused-ring (bicyclic) bond motifs is 1. The Morgan fingerprint density at radius 2 is 2.17 bits per heavy atom. The molecule has 1 saturated carbocycles. The molecule has 1 aliphatic carbocycles. The summed E-state index contributed by atoms with van der Waals surface area (Å²) in [6, 6.07) is 7.85. The Morgan fingerprint density at radius 3 is 2.83 bits per heavy atom. The summed E-state index contributed by atoms with van der Waals surface area (Å²) in [4.78, 5) is 2.32. The molecular formula is C14H15BrN2O. The number of nitrogens with zero attached hydrogens (tertiary/aromatic N) is 2. The van der Waals surface area contributed by atoms with Crippen LogP contribution >= 0.6 is 15.9 Å². The first-order chi connectivity index (χ1) is 8.69. The van der Waals surface area contributed by atoms with Crippen LogP contribution in [0.4, 0.5) is 5.69 Å². The van der Waals surface area contributed by atoms with E-state index in [-0.39, 0.29) is 6.10 Å².